The normalized spacial score (nSPS) is 11.5. The van der Waals surface area contributed by atoms with Gasteiger partial charge >= 0.3 is 0 Å². The van der Waals surface area contributed by atoms with E-state index in [-0.39, 0.29) is 10.5 Å². The zero-order chi connectivity index (χ0) is 19.5. The number of sulfonamides is 1. The van der Waals surface area contributed by atoms with Gasteiger partial charge in [0.15, 0.2) is 0 Å². The minimum atomic E-state index is -3.65. The van der Waals surface area contributed by atoms with Gasteiger partial charge in [-0.25, -0.2) is 17.1 Å². The Bertz CT molecular complexity index is 933. The molecule has 0 aliphatic heterocycles. The predicted molar refractivity (Wildman–Crippen MR) is 104 cm³/mol. The van der Waals surface area contributed by atoms with E-state index >= 15 is 0 Å². The average Bonchev–Trinajstić information content (AvgIpc) is 2.56. The topological polar surface area (TPSA) is 78.5 Å². The van der Waals surface area contributed by atoms with Crippen LogP contribution < -0.4 is 10.6 Å². The molecule has 0 fully saturated rings. The highest BCUT2D eigenvalue weighted by Crippen LogP contribution is 2.28. The Morgan fingerprint density at radius 3 is 2.42 bits per heavy atom. The van der Waals surface area contributed by atoms with E-state index in [0.717, 1.165) is 4.31 Å². The first kappa shape index (κ1) is 20.3. The number of nitrogens with zero attached hydrogens (tertiary/aromatic N) is 1. The number of halogens is 2. The molecule has 6 nitrogen and oxygen atoms in total. The lowest BCUT2D eigenvalue weighted by molar-refractivity contribution is 0.102. The molecule has 2 rings (SSSR count). The molecule has 2 aromatic carbocycles. The first-order valence-corrected chi connectivity index (χ1v) is 9.97. The second-order valence-corrected chi connectivity index (χ2v) is 8.61. The number of amides is 1. The van der Waals surface area contributed by atoms with Crippen molar-refractivity contribution in [2.75, 3.05) is 31.3 Å². The number of hydrogen-bond acceptors (Lipinski definition) is 4. The molecule has 9 heteroatoms. The number of anilines is 2. The molecule has 140 valence electrons. The van der Waals surface area contributed by atoms with Gasteiger partial charge in [0.1, 0.15) is 5.82 Å². The van der Waals surface area contributed by atoms with Crippen LogP contribution in [0.5, 0.6) is 0 Å². The SMILES string of the molecule is CCNc1ccc(S(=O)(=O)N(C)C)cc1NC(=O)c1ccc(F)cc1Br. The number of hydrogen-bond donors (Lipinski definition) is 2. The summed E-state index contributed by atoms with van der Waals surface area (Å²) < 4.78 is 39.3. The van der Waals surface area contributed by atoms with Crippen molar-refractivity contribution in [3.63, 3.8) is 0 Å². The van der Waals surface area contributed by atoms with Crippen molar-refractivity contribution in [3.05, 3.63) is 52.3 Å². The standard InChI is InChI=1S/C17H19BrFN3O3S/c1-4-20-15-8-6-12(26(24,25)22(2)3)10-16(15)21-17(23)13-7-5-11(19)9-14(13)18/h5-10,20H,4H2,1-3H3,(H,21,23). The van der Waals surface area contributed by atoms with Crippen molar-refractivity contribution < 1.29 is 17.6 Å². The van der Waals surface area contributed by atoms with Crippen LogP contribution in [0.25, 0.3) is 0 Å². The lowest BCUT2D eigenvalue weighted by atomic mass is 10.2. The maximum Gasteiger partial charge on any atom is 0.256 e. The molecule has 0 aliphatic rings. The molecule has 0 atom stereocenters. The molecule has 1 amide bonds. The van der Waals surface area contributed by atoms with Crippen LogP contribution >= 0.6 is 15.9 Å². The minimum Gasteiger partial charge on any atom is -0.384 e. The second kappa shape index (κ2) is 8.15. The fourth-order valence-electron chi connectivity index (χ4n) is 2.21. The summed E-state index contributed by atoms with van der Waals surface area (Å²) in [5.41, 5.74) is 1.13. The van der Waals surface area contributed by atoms with Gasteiger partial charge in [-0.1, -0.05) is 0 Å². The lowest BCUT2D eigenvalue weighted by Gasteiger charge is -2.16. The molecule has 0 radical (unpaired) electrons. The highest BCUT2D eigenvalue weighted by Gasteiger charge is 2.20. The van der Waals surface area contributed by atoms with Crippen LogP contribution in [0.4, 0.5) is 15.8 Å². The maximum atomic E-state index is 13.2. The number of benzene rings is 2. The van der Waals surface area contributed by atoms with Crippen LogP contribution in [0.1, 0.15) is 17.3 Å². The molecule has 0 saturated heterocycles. The predicted octanol–water partition coefficient (Wildman–Crippen LogP) is 3.52. The molecule has 0 spiro atoms. The van der Waals surface area contributed by atoms with Gasteiger partial charge in [0.05, 0.1) is 21.8 Å². The van der Waals surface area contributed by atoms with Gasteiger partial charge < -0.3 is 10.6 Å². The molecular formula is C17H19BrFN3O3S. The molecule has 2 aromatic rings. The van der Waals surface area contributed by atoms with Gasteiger partial charge in [-0.05, 0) is 59.3 Å². The number of nitrogens with one attached hydrogen (secondary N) is 2. The smallest absolute Gasteiger partial charge is 0.256 e. The fraction of sp³-hybridized carbons (Fsp3) is 0.235. The van der Waals surface area contributed by atoms with Gasteiger partial charge in [-0.3, -0.25) is 4.79 Å². The third-order valence-electron chi connectivity index (χ3n) is 3.56. The number of carbonyl (C=O) groups is 1. The van der Waals surface area contributed by atoms with Crippen molar-refractivity contribution in [1.29, 1.82) is 0 Å². The van der Waals surface area contributed by atoms with Gasteiger partial charge in [-0.15, -0.1) is 0 Å². The first-order valence-electron chi connectivity index (χ1n) is 7.73. The van der Waals surface area contributed by atoms with Crippen molar-refractivity contribution in [2.24, 2.45) is 0 Å². The quantitative estimate of drug-likeness (QED) is 0.715. The largest absolute Gasteiger partial charge is 0.384 e. The average molecular weight is 444 g/mol. The molecule has 26 heavy (non-hydrogen) atoms. The molecule has 0 bridgehead atoms. The highest BCUT2D eigenvalue weighted by atomic mass is 79.9. The summed E-state index contributed by atoms with van der Waals surface area (Å²) in [5.74, 6) is -0.962. The van der Waals surface area contributed by atoms with Crippen molar-refractivity contribution in [1.82, 2.24) is 4.31 Å². The summed E-state index contributed by atoms with van der Waals surface area (Å²) in [6, 6.07) is 8.17. The van der Waals surface area contributed by atoms with E-state index < -0.39 is 21.7 Å². The van der Waals surface area contributed by atoms with Gasteiger partial charge in [0.25, 0.3) is 5.91 Å². The van der Waals surface area contributed by atoms with Gasteiger partial charge in [-0.2, -0.15) is 0 Å². The van der Waals surface area contributed by atoms with E-state index in [0.29, 0.717) is 22.4 Å². The Morgan fingerprint density at radius 2 is 1.85 bits per heavy atom. The number of carbonyl (C=O) groups excluding carboxylic acids is 1. The van der Waals surface area contributed by atoms with E-state index in [1.807, 2.05) is 6.92 Å². The third-order valence-corrected chi connectivity index (χ3v) is 6.03. The second-order valence-electron chi connectivity index (χ2n) is 5.60. The summed E-state index contributed by atoms with van der Waals surface area (Å²) >= 11 is 3.16. The number of rotatable bonds is 6. The summed E-state index contributed by atoms with van der Waals surface area (Å²) in [6.07, 6.45) is 0. The Hall–Kier alpha value is -1.97. The van der Waals surface area contributed by atoms with Crippen molar-refractivity contribution >= 4 is 43.2 Å². The molecule has 0 aliphatic carbocycles. The highest BCUT2D eigenvalue weighted by molar-refractivity contribution is 9.10. The summed E-state index contributed by atoms with van der Waals surface area (Å²) in [7, 11) is -0.786. The monoisotopic (exact) mass is 443 g/mol. The molecule has 0 saturated carbocycles. The molecule has 0 unspecified atom stereocenters. The summed E-state index contributed by atoms with van der Waals surface area (Å²) in [5, 5.41) is 5.76. The van der Waals surface area contributed by atoms with Gasteiger partial charge in [0, 0.05) is 25.1 Å². The van der Waals surface area contributed by atoms with Crippen LogP contribution in [0, 0.1) is 5.82 Å². The van der Waals surface area contributed by atoms with Crippen LogP contribution in [-0.4, -0.2) is 39.3 Å². The van der Waals surface area contributed by atoms with E-state index in [2.05, 4.69) is 26.6 Å². The van der Waals surface area contributed by atoms with E-state index in [9.17, 15) is 17.6 Å². The molecule has 2 N–H and O–H groups in total. The Kier molecular flexibility index (Phi) is 6.38. The fourth-order valence-corrected chi connectivity index (χ4v) is 3.67. The van der Waals surface area contributed by atoms with Crippen LogP contribution in [-0.2, 0) is 10.0 Å². The van der Waals surface area contributed by atoms with Crippen LogP contribution in [0.3, 0.4) is 0 Å². The summed E-state index contributed by atoms with van der Waals surface area (Å²) in [4.78, 5) is 12.6. The van der Waals surface area contributed by atoms with Crippen LogP contribution in [0.15, 0.2) is 45.8 Å². The van der Waals surface area contributed by atoms with E-state index in [4.69, 9.17) is 0 Å². The Balaban J connectivity index is 2.44. The third kappa shape index (κ3) is 4.40. The zero-order valence-electron chi connectivity index (χ0n) is 14.5. The van der Waals surface area contributed by atoms with Crippen molar-refractivity contribution in [2.45, 2.75) is 11.8 Å². The zero-order valence-corrected chi connectivity index (χ0v) is 16.9. The maximum absolute atomic E-state index is 13.2. The van der Waals surface area contributed by atoms with Gasteiger partial charge in [0.2, 0.25) is 10.0 Å². The molecule has 0 heterocycles. The minimum absolute atomic E-state index is 0.0534. The van der Waals surface area contributed by atoms with Crippen molar-refractivity contribution in [3.8, 4) is 0 Å². The molecular weight excluding hydrogens is 425 g/mol. The Morgan fingerprint density at radius 1 is 1.15 bits per heavy atom. The van der Waals surface area contributed by atoms with E-state index in [1.54, 1.807) is 6.07 Å². The summed E-state index contributed by atoms with van der Waals surface area (Å²) in [6.45, 7) is 2.47. The molecule has 0 aromatic heterocycles. The van der Waals surface area contributed by atoms with E-state index in [1.165, 1.54) is 44.4 Å². The Labute approximate surface area is 160 Å². The lowest BCUT2D eigenvalue weighted by Crippen LogP contribution is -2.22. The van der Waals surface area contributed by atoms with Crippen LogP contribution in [0.2, 0.25) is 0 Å². The first-order chi connectivity index (χ1) is 12.2.